The number of ether oxygens (including phenoxy) is 2. The molecule has 0 saturated carbocycles. The van der Waals surface area contributed by atoms with Gasteiger partial charge in [0.15, 0.2) is 0 Å². The van der Waals surface area contributed by atoms with Crippen molar-refractivity contribution in [2.45, 2.75) is 44.9 Å². The number of rotatable bonds is 12. The summed E-state index contributed by atoms with van der Waals surface area (Å²) in [6, 6.07) is 3.89. The Kier molecular flexibility index (Phi) is 8.20. The first-order valence-corrected chi connectivity index (χ1v) is 11.0. The molecule has 2 heterocycles. The Morgan fingerprint density at radius 2 is 2.09 bits per heavy atom. The van der Waals surface area contributed by atoms with Gasteiger partial charge in [-0.25, -0.2) is 4.79 Å². The summed E-state index contributed by atoms with van der Waals surface area (Å²) in [5.74, 6) is -1.44. The van der Waals surface area contributed by atoms with Crippen LogP contribution in [0.15, 0.2) is 30.6 Å². The molecule has 0 saturated heterocycles. The minimum Gasteiger partial charge on any atom is -0.465 e. The minimum atomic E-state index is -0.977. The van der Waals surface area contributed by atoms with E-state index in [-0.39, 0.29) is 19.8 Å². The Labute approximate surface area is 200 Å². The highest BCUT2D eigenvalue weighted by atomic mass is 19.1. The fourth-order valence-electron chi connectivity index (χ4n) is 3.77. The number of esters is 1. The van der Waals surface area contributed by atoms with Gasteiger partial charge in [-0.05, 0) is 12.5 Å². The van der Waals surface area contributed by atoms with Crippen LogP contribution in [0.25, 0.3) is 10.9 Å². The number of halogens is 1. The van der Waals surface area contributed by atoms with E-state index in [2.05, 4.69) is 9.84 Å². The molecule has 1 atom stereocenters. The summed E-state index contributed by atoms with van der Waals surface area (Å²) in [7, 11) is 1.30. The van der Waals surface area contributed by atoms with Crippen molar-refractivity contribution < 1.29 is 33.8 Å². The van der Waals surface area contributed by atoms with E-state index in [1.54, 1.807) is 35.4 Å². The molecule has 0 aliphatic carbocycles. The Morgan fingerprint density at radius 1 is 1.34 bits per heavy atom. The number of aliphatic hydroxyl groups is 2. The predicted molar refractivity (Wildman–Crippen MR) is 124 cm³/mol. The second kappa shape index (κ2) is 10.9. The second-order valence-electron chi connectivity index (χ2n) is 8.87. The number of hydrogen-bond donors (Lipinski definition) is 2. The van der Waals surface area contributed by atoms with E-state index in [0.717, 1.165) is 12.1 Å². The first kappa shape index (κ1) is 26.3. The highest BCUT2D eigenvalue weighted by Gasteiger charge is 2.28. The Hall–Kier alpha value is -3.35. The van der Waals surface area contributed by atoms with E-state index in [0.29, 0.717) is 41.7 Å². The lowest BCUT2D eigenvalue weighted by atomic mass is 9.90. The Balaban J connectivity index is 1.65. The number of carbonyl (C=O) groups excluding carboxylic acids is 1. The molecule has 0 amide bonds. The molecule has 35 heavy (non-hydrogen) atoms. The molecule has 1 aromatic carbocycles. The number of aryl methyl sites for hydroxylation is 1. The van der Waals surface area contributed by atoms with E-state index in [1.807, 2.05) is 0 Å². The molecule has 3 rings (SSSR count). The van der Waals surface area contributed by atoms with Gasteiger partial charge in [0.25, 0.3) is 0 Å². The van der Waals surface area contributed by atoms with Gasteiger partial charge in [0.05, 0.1) is 55.2 Å². The molecule has 190 valence electrons. The monoisotopic (exact) mass is 492 g/mol. The van der Waals surface area contributed by atoms with E-state index >= 15 is 0 Å². The highest BCUT2D eigenvalue weighted by molar-refractivity contribution is 5.88. The quantitative estimate of drug-likeness (QED) is 0.170. The van der Waals surface area contributed by atoms with Crippen molar-refractivity contribution in [3.8, 4) is 0 Å². The van der Waals surface area contributed by atoms with Gasteiger partial charge in [-0.2, -0.15) is 9.49 Å². The first-order chi connectivity index (χ1) is 16.6. The van der Waals surface area contributed by atoms with Gasteiger partial charge in [-0.15, -0.1) is 0 Å². The topological polar surface area (TPSA) is 142 Å². The summed E-state index contributed by atoms with van der Waals surface area (Å²) in [6.07, 6.45) is 2.62. The molecule has 3 aromatic rings. The number of methoxy groups -OCH3 is 1. The number of nitro groups is 1. The Morgan fingerprint density at radius 3 is 2.74 bits per heavy atom. The van der Waals surface area contributed by atoms with Crippen LogP contribution in [0, 0.1) is 15.9 Å². The van der Waals surface area contributed by atoms with Crippen molar-refractivity contribution in [3.63, 3.8) is 0 Å². The second-order valence-corrected chi connectivity index (χ2v) is 8.87. The van der Waals surface area contributed by atoms with Gasteiger partial charge in [-0.3, -0.25) is 14.8 Å². The van der Waals surface area contributed by atoms with Crippen LogP contribution in [0.3, 0.4) is 0 Å². The average molecular weight is 493 g/mol. The summed E-state index contributed by atoms with van der Waals surface area (Å²) in [4.78, 5) is 21.8. The van der Waals surface area contributed by atoms with E-state index in [1.165, 1.54) is 13.3 Å². The van der Waals surface area contributed by atoms with Gasteiger partial charge in [-0.1, -0.05) is 13.8 Å². The van der Waals surface area contributed by atoms with Crippen molar-refractivity contribution in [1.82, 2.24) is 14.3 Å². The molecule has 0 aliphatic rings. The third-order valence-corrected chi connectivity index (χ3v) is 5.69. The Bertz CT molecular complexity index is 1200. The minimum absolute atomic E-state index is 0.000643. The molecule has 1 unspecified atom stereocenters. The maximum absolute atomic E-state index is 14.3. The lowest BCUT2D eigenvalue weighted by Crippen LogP contribution is -2.29. The number of fused-ring (bicyclic) bond motifs is 1. The molecule has 12 heteroatoms. The lowest BCUT2D eigenvalue weighted by molar-refractivity contribution is -0.387. The summed E-state index contributed by atoms with van der Waals surface area (Å²) in [6.45, 7) is 4.22. The zero-order valence-corrected chi connectivity index (χ0v) is 19.8. The summed E-state index contributed by atoms with van der Waals surface area (Å²) in [5.41, 5.74) is -0.0377. The number of aliphatic hydroxyl groups excluding tert-OH is 2. The zero-order chi connectivity index (χ0) is 25.8. The van der Waals surface area contributed by atoms with Crippen molar-refractivity contribution in [2.75, 3.05) is 26.9 Å². The fourth-order valence-corrected chi connectivity index (χ4v) is 3.77. The number of benzene rings is 1. The number of nitrogens with zero attached hydrogens (tertiary/aromatic N) is 4. The third kappa shape index (κ3) is 6.02. The number of hydrogen-bond acceptors (Lipinski definition) is 8. The van der Waals surface area contributed by atoms with Crippen molar-refractivity contribution in [3.05, 3.63) is 57.8 Å². The molecular weight excluding hydrogens is 463 g/mol. The maximum Gasteiger partial charge on any atom is 0.341 e. The summed E-state index contributed by atoms with van der Waals surface area (Å²) in [5, 5.41) is 36.1. The van der Waals surface area contributed by atoms with Crippen LogP contribution in [-0.2, 0) is 28.0 Å². The van der Waals surface area contributed by atoms with Crippen molar-refractivity contribution in [2.24, 2.45) is 0 Å². The molecule has 0 aliphatic heterocycles. The van der Waals surface area contributed by atoms with Gasteiger partial charge >= 0.3 is 11.7 Å². The average Bonchev–Trinajstić information content (AvgIpc) is 3.43. The first-order valence-electron chi connectivity index (χ1n) is 11.0. The van der Waals surface area contributed by atoms with Crippen LogP contribution >= 0.6 is 0 Å². The normalized spacial score (nSPS) is 12.7. The van der Waals surface area contributed by atoms with Crippen LogP contribution < -0.4 is 0 Å². The van der Waals surface area contributed by atoms with Gasteiger partial charge in [0.2, 0.25) is 5.82 Å². The standard InChI is InChI=1S/C23H29FN4O7/c1-23(2,14-29)21-8-15-7-20(28(32)33)18(24)9-19(15)27(21)12-17(30)13-35-6-4-5-26-11-16(10-25-26)22(31)34-3/h7-11,17,29-30H,4-6,12-14H2,1-3H3. The van der Waals surface area contributed by atoms with Crippen LogP contribution in [-0.4, -0.2) is 68.5 Å². The number of nitro benzene ring substituents is 1. The molecule has 0 bridgehead atoms. The van der Waals surface area contributed by atoms with E-state index in [4.69, 9.17) is 4.74 Å². The summed E-state index contributed by atoms with van der Waals surface area (Å²) >= 11 is 0. The number of carbonyl (C=O) groups is 1. The molecule has 2 N–H and O–H groups in total. The third-order valence-electron chi connectivity index (χ3n) is 5.69. The lowest BCUT2D eigenvalue weighted by Gasteiger charge is -2.26. The van der Waals surface area contributed by atoms with E-state index < -0.39 is 33.9 Å². The van der Waals surface area contributed by atoms with Crippen LogP contribution in [0.1, 0.15) is 36.3 Å². The fraction of sp³-hybridized carbons (Fsp3) is 0.478. The molecule has 11 nitrogen and oxygen atoms in total. The zero-order valence-electron chi connectivity index (χ0n) is 19.8. The highest BCUT2D eigenvalue weighted by Crippen LogP contribution is 2.33. The molecule has 2 aromatic heterocycles. The van der Waals surface area contributed by atoms with Crippen molar-refractivity contribution >= 4 is 22.6 Å². The van der Waals surface area contributed by atoms with Crippen molar-refractivity contribution in [1.29, 1.82) is 0 Å². The van der Waals surface area contributed by atoms with Crippen LogP contribution in [0.4, 0.5) is 10.1 Å². The SMILES string of the molecule is COC(=O)c1cnn(CCCOCC(O)Cn2c(C(C)(C)CO)cc3cc([N+](=O)[O-])c(F)cc32)c1. The predicted octanol–water partition coefficient (Wildman–Crippen LogP) is 2.41. The smallest absolute Gasteiger partial charge is 0.341 e. The molecule has 0 fully saturated rings. The van der Waals surface area contributed by atoms with Gasteiger partial charge in [0.1, 0.15) is 0 Å². The number of aromatic nitrogens is 3. The van der Waals surface area contributed by atoms with Crippen LogP contribution in [0.5, 0.6) is 0 Å². The molecule has 0 spiro atoms. The van der Waals surface area contributed by atoms with Crippen LogP contribution in [0.2, 0.25) is 0 Å². The maximum atomic E-state index is 14.3. The molecule has 0 radical (unpaired) electrons. The molecular formula is C23H29FN4O7. The van der Waals surface area contributed by atoms with Gasteiger partial charge in [0, 0.05) is 48.0 Å². The van der Waals surface area contributed by atoms with Gasteiger partial charge < -0.3 is 24.3 Å². The largest absolute Gasteiger partial charge is 0.465 e. The van der Waals surface area contributed by atoms with E-state index in [9.17, 15) is 29.5 Å². The summed E-state index contributed by atoms with van der Waals surface area (Å²) < 4.78 is 27.8.